The van der Waals surface area contributed by atoms with Crippen molar-refractivity contribution in [3.63, 3.8) is 0 Å². The highest BCUT2D eigenvalue weighted by molar-refractivity contribution is 6.74. The lowest BCUT2D eigenvalue weighted by atomic mass is 10.1. The van der Waals surface area contributed by atoms with Crippen LogP contribution >= 0.6 is 0 Å². The summed E-state index contributed by atoms with van der Waals surface area (Å²) in [5, 5.41) is -0.447. The Bertz CT molecular complexity index is 1340. The molecule has 2 heterocycles. The molecule has 5 atom stereocenters. The van der Waals surface area contributed by atoms with E-state index in [2.05, 4.69) is 33.9 Å². The van der Waals surface area contributed by atoms with Crippen LogP contribution in [0.5, 0.6) is 0 Å². The zero-order valence-corrected chi connectivity index (χ0v) is 36.9. The van der Waals surface area contributed by atoms with E-state index in [1.165, 1.54) is 12.0 Å². The largest absolute Gasteiger partial charge is 0.467 e. The number of amides is 3. The molecular weight excluding hydrogens is 709 g/mol. The maximum atomic E-state index is 13.7. The molecular formula is C36H66N2O12Si2. The fraction of sp³-hybridized carbons (Fsp3) is 0.861. The second-order valence-electron chi connectivity index (χ2n) is 18.9. The molecule has 2 aliphatic rings. The highest BCUT2D eigenvalue weighted by Gasteiger charge is 2.60. The second kappa shape index (κ2) is 15.7. The molecule has 300 valence electrons. The number of methoxy groups -OCH3 is 1. The van der Waals surface area contributed by atoms with Gasteiger partial charge in [-0.1, -0.05) is 41.5 Å². The average Bonchev–Trinajstić information content (AvgIpc) is 3.40. The van der Waals surface area contributed by atoms with Gasteiger partial charge in [0.05, 0.1) is 19.8 Å². The number of imide groups is 1. The van der Waals surface area contributed by atoms with Crippen LogP contribution in [0.25, 0.3) is 0 Å². The highest BCUT2D eigenvalue weighted by atomic mass is 28.4. The molecule has 2 rings (SSSR count). The molecule has 0 spiro atoms. The molecule has 0 aliphatic carbocycles. The summed E-state index contributed by atoms with van der Waals surface area (Å²) >= 11 is 0. The molecule has 0 bridgehead atoms. The molecule has 0 aromatic carbocycles. The van der Waals surface area contributed by atoms with Crippen LogP contribution in [0.1, 0.15) is 103 Å². The molecule has 0 aromatic heterocycles. The van der Waals surface area contributed by atoms with Gasteiger partial charge in [0.15, 0.2) is 22.4 Å². The van der Waals surface area contributed by atoms with Gasteiger partial charge < -0.3 is 32.5 Å². The predicted octanol–water partition coefficient (Wildman–Crippen LogP) is 6.76. The Morgan fingerprint density at radius 2 is 1.19 bits per heavy atom. The van der Waals surface area contributed by atoms with Gasteiger partial charge in [-0.25, -0.2) is 24.1 Å². The quantitative estimate of drug-likeness (QED) is 0.0996. The second-order valence-corrected chi connectivity index (χ2v) is 28.4. The van der Waals surface area contributed by atoms with Crippen molar-refractivity contribution in [2.24, 2.45) is 0 Å². The maximum absolute atomic E-state index is 13.7. The van der Waals surface area contributed by atoms with E-state index in [0.717, 1.165) is 4.90 Å². The lowest BCUT2D eigenvalue weighted by Gasteiger charge is -2.44. The number of ether oxygens (including phenoxy) is 5. The summed E-state index contributed by atoms with van der Waals surface area (Å²) in [5.41, 5.74) is -3.37. The van der Waals surface area contributed by atoms with Crippen LogP contribution in [0.3, 0.4) is 0 Å². The number of carbonyl (C=O) groups excluding carboxylic acids is 5. The molecule has 2 aliphatic heterocycles. The van der Waals surface area contributed by atoms with E-state index in [-0.39, 0.29) is 36.1 Å². The lowest BCUT2D eigenvalue weighted by Crippen LogP contribution is -2.59. The normalized spacial score (nSPS) is 24.9. The topological polar surface area (TPSA) is 156 Å². The third kappa shape index (κ3) is 10.8. The van der Waals surface area contributed by atoms with Gasteiger partial charge in [0.1, 0.15) is 36.0 Å². The first kappa shape index (κ1) is 45.6. The Hall–Kier alpha value is -2.54. The molecule has 2 saturated heterocycles. The van der Waals surface area contributed by atoms with Crippen molar-refractivity contribution in [1.82, 2.24) is 9.80 Å². The monoisotopic (exact) mass is 774 g/mol. The van der Waals surface area contributed by atoms with Gasteiger partial charge in [-0.15, -0.1) is 0 Å². The van der Waals surface area contributed by atoms with E-state index in [0.29, 0.717) is 0 Å². The van der Waals surface area contributed by atoms with E-state index >= 15 is 0 Å². The third-order valence-electron chi connectivity index (χ3n) is 10.2. The molecule has 52 heavy (non-hydrogen) atoms. The van der Waals surface area contributed by atoms with Crippen molar-refractivity contribution >= 4 is 46.7 Å². The summed E-state index contributed by atoms with van der Waals surface area (Å²) in [5.74, 6) is -2.16. The van der Waals surface area contributed by atoms with Gasteiger partial charge in [0.2, 0.25) is 0 Å². The summed E-state index contributed by atoms with van der Waals surface area (Å²) in [4.78, 5) is 69.4. The van der Waals surface area contributed by atoms with Crippen LogP contribution in [0.4, 0.5) is 9.59 Å². The molecule has 3 unspecified atom stereocenters. The minimum atomic E-state index is -2.49. The third-order valence-corrected chi connectivity index (χ3v) is 19.2. The zero-order chi connectivity index (χ0) is 40.6. The Balaban J connectivity index is 2.40. The first-order chi connectivity index (χ1) is 23.2. The number of hydrogen-bond acceptors (Lipinski definition) is 12. The van der Waals surface area contributed by atoms with Gasteiger partial charge >= 0.3 is 24.1 Å². The van der Waals surface area contributed by atoms with Gasteiger partial charge in [-0.05, 0) is 84.7 Å². The molecule has 16 heteroatoms. The van der Waals surface area contributed by atoms with Crippen molar-refractivity contribution in [2.45, 2.75) is 180 Å². The van der Waals surface area contributed by atoms with Crippen LogP contribution < -0.4 is 0 Å². The smallest absolute Gasteiger partial charge is 0.417 e. The predicted molar refractivity (Wildman–Crippen MR) is 199 cm³/mol. The van der Waals surface area contributed by atoms with Crippen molar-refractivity contribution in [3.8, 4) is 0 Å². The molecule has 0 N–H and O–H groups in total. The number of hydrogen-bond donors (Lipinski definition) is 0. The molecule has 0 aromatic rings. The van der Waals surface area contributed by atoms with Crippen molar-refractivity contribution in [1.29, 1.82) is 0 Å². The average molecular weight is 775 g/mol. The van der Waals surface area contributed by atoms with E-state index < -0.39 is 87.9 Å². The molecule has 0 radical (unpaired) electrons. The van der Waals surface area contributed by atoms with Gasteiger partial charge in [-0.2, -0.15) is 0 Å². The van der Waals surface area contributed by atoms with E-state index in [4.69, 9.17) is 32.5 Å². The first-order valence-corrected chi connectivity index (χ1v) is 23.8. The van der Waals surface area contributed by atoms with E-state index in [9.17, 15) is 24.0 Å². The van der Waals surface area contributed by atoms with Gasteiger partial charge in [0.25, 0.3) is 5.91 Å². The number of rotatable bonds is 10. The number of likely N-dealkylation sites (tertiary alicyclic amines) is 2. The van der Waals surface area contributed by atoms with Crippen molar-refractivity contribution in [2.75, 3.05) is 20.3 Å². The van der Waals surface area contributed by atoms with Crippen LogP contribution in [0.15, 0.2) is 0 Å². The van der Waals surface area contributed by atoms with Crippen LogP contribution in [0, 0.1) is 0 Å². The fourth-order valence-electron chi connectivity index (χ4n) is 5.37. The van der Waals surface area contributed by atoms with Crippen molar-refractivity contribution in [3.05, 3.63) is 0 Å². The minimum Gasteiger partial charge on any atom is -0.467 e. The summed E-state index contributed by atoms with van der Waals surface area (Å²) < 4.78 is 41.5. The Morgan fingerprint density at radius 3 is 1.65 bits per heavy atom. The Morgan fingerprint density at radius 1 is 0.712 bits per heavy atom. The summed E-state index contributed by atoms with van der Waals surface area (Å²) in [7, 11) is -3.73. The maximum Gasteiger partial charge on any atom is 0.417 e. The zero-order valence-electron chi connectivity index (χ0n) is 34.9. The van der Waals surface area contributed by atoms with Crippen LogP contribution in [-0.4, -0.2) is 118 Å². The fourth-order valence-corrected chi connectivity index (χ4v) is 8.01. The van der Waals surface area contributed by atoms with Gasteiger partial charge in [-0.3, -0.25) is 9.69 Å². The molecule has 14 nitrogen and oxygen atoms in total. The number of esters is 2. The summed E-state index contributed by atoms with van der Waals surface area (Å²) in [6.45, 7) is 31.6. The summed E-state index contributed by atoms with van der Waals surface area (Å²) in [6, 6.07) is -2.37. The van der Waals surface area contributed by atoms with Crippen LogP contribution in [0.2, 0.25) is 36.3 Å². The lowest BCUT2D eigenvalue weighted by molar-refractivity contribution is -0.182. The first-order valence-electron chi connectivity index (χ1n) is 18.0. The van der Waals surface area contributed by atoms with E-state index in [1.807, 2.05) is 33.9 Å². The number of carbonyl (C=O) groups is 5. The molecule has 3 amide bonds. The molecule has 2 fully saturated rings. The molecule has 0 saturated carbocycles. The highest BCUT2D eigenvalue weighted by Crippen LogP contribution is 2.45. The standard InChI is InChI=1S/C36H66N2O12Si2/c1-32(2,3)47-30(42)37-23(21-25(27(37)39)49-51(15,16)34(7,8)9)29(41)45-19-20-46-36(13)26(50-52(17,18)35(10,11)12)22-24(28(40)44-14)38(36)31(43)48-33(4,5)6/h23-26H,19-22H2,1-18H3/t23-,24-,25?,26?,36?/m0/s1. The summed E-state index contributed by atoms with van der Waals surface area (Å²) in [6.07, 6.45) is -3.59. The van der Waals surface area contributed by atoms with E-state index in [1.54, 1.807) is 48.5 Å². The Kier molecular flexibility index (Phi) is 13.8. The SMILES string of the molecule is COC(=O)[C@@H]1CC(O[Si](C)(C)C(C)(C)C)C(C)(OCCOC(=O)[C@@H]2CC(O[Si](C)(C)C(C)(C)C)C(=O)N2C(=O)OC(C)(C)C)N1C(=O)OC(C)(C)C. The van der Waals surface area contributed by atoms with Crippen LogP contribution in [-0.2, 0) is 46.9 Å². The minimum absolute atomic E-state index is 0.0827. The number of nitrogens with zero attached hydrogens (tertiary/aromatic N) is 2. The Labute approximate surface area is 313 Å². The van der Waals surface area contributed by atoms with Crippen molar-refractivity contribution < 1.29 is 56.5 Å². The van der Waals surface area contributed by atoms with Gasteiger partial charge in [0, 0.05) is 12.8 Å².